The van der Waals surface area contributed by atoms with Gasteiger partial charge in [0.25, 0.3) is 5.91 Å². The standard InChI is InChI=1S/C14H17ClN2O4/c1-3-9(2)16-14(20)17-12(18)8-21-13(19)10-6-4-5-7-11(10)15/h4-7,9H,3,8H2,1-2H3,(H2,16,17,18,20)/t9-/m0/s1. The molecule has 114 valence electrons. The second kappa shape index (κ2) is 8.26. The number of rotatable bonds is 5. The first-order valence-corrected chi connectivity index (χ1v) is 6.83. The molecule has 6 nitrogen and oxygen atoms in total. The van der Waals surface area contributed by atoms with Crippen LogP contribution in [-0.4, -0.2) is 30.6 Å². The van der Waals surface area contributed by atoms with Gasteiger partial charge >= 0.3 is 12.0 Å². The predicted molar refractivity (Wildman–Crippen MR) is 78.2 cm³/mol. The van der Waals surface area contributed by atoms with E-state index in [0.29, 0.717) is 0 Å². The third kappa shape index (κ3) is 5.83. The second-order valence-electron chi connectivity index (χ2n) is 4.39. The van der Waals surface area contributed by atoms with Gasteiger partial charge in [-0.15, -0.1) is 0 Å². The molecule has 7 heteroatoms. The highest BCUT2D eigenvalue weighted by atomic mass is 35.5. The number of amides is 3. The van der Waals surface area contributed by atoms with Crippen molar-refractivity contribution in [2.45, 2.75) is 26.3 Å². The lowest BCUT2D eigenvalue weighted by Crippen LogP contribution is -2.44. The molecule has 1 aromatic rings. The van der Waals surface area contributed by atoms with Crippen LogP contribution in [0.2, 0.25) is 5.02 Å². The van der Waals surface area contributed by atoms with E-state index in [4.69, 9.17) is 16.3 Å². The Labute approximate surface area is 127 Å². The van der Waals surface area contributed by atoms with Crippen molar-refractivity contribution in [3.8, 4) is 0 Å². The van der Waals surface area contributed by atoms with Gasteiger partial charge in [-0.2, -0.15) is 0 Å². The van der Waals surface area contributed by atoms with Crippen molar-refractivity contribution >= 4 is 29.5 Å². The Morgan fingerprint density at radius 1 is 1.29 bits per heavy atom. The van der Waals surface area contributed by atoms with Crippen LogP contribution in [-0.2, 0) is 9.53 Å². The largest absolute Gasteiger partial charge is 0.452 e. The zero-order valence-electron chi connectivity index (χ0n) is 11.8. The molecule has 0 fully saturated rings. The van der Waals surface area contributed by atoms with Gasteiger partial charge in [0.2, 0.25) is 0 Å². The number of benzene rings is 1. The fourth-order valence-electron chi connectivity index (χ4n) is 1.36. The molecule has 21 heavy (non-hydrogen) atoms. The molecule has 1 atom stereocenters. The molecule has 0 bridgehead atoms. The topological polar surface area (TPSA) is 84.5 Å². The summed E-state index contributed by atoms with van der Waals surface area (Å²) < 4.78 is 4.79. The van der Waals surface area contributed by atoms with E-state index >= 15 is 0 Å². The number of ether oxygens (including phenoxy) is 1. The minimum atomic E-state index is -0.724. The zero-order chi connectivity index (χ0) is 15.8. The van der Waals surface area contributed by atoms with Crippen molar-refractivity contribution in [3.63, 3.8) is 0 Å². The molecular weight excluding hydrogens is 296 g/mol. The smallest absolute Gasteiger partial charge is 0.340 e. The Morgan fingerprint density at radius 2 is 1.95 bits per heavy atom. The Bertz CT molecular complexity index is 533. The minimum absolute atomic E-state index is 0.0523. The van der Waals surface area contributed by atoms with Crippen LogP contribution in [0.15, 0.2) is 24.3 Å². The fourth-order valence-corrected chi connectivity index (χ4v) is 1.57. The van der Waals surface area contributed by atoms with E-state index in [1.165, 1.54) is 12.1 Å². The summed E-state index contributed by atoms with van der Waals surface area (Å²) in [4.78, 5) is 34.5. The Balaban J connectivity index is 2.41. The third-order valence-corrected chi connectivity index (χ3v) is 3.00. The van der Waals surface area contributed by atoms with Gasteiger partial charge in [-0.1, -0.05) is 30.7 Å². The molecule has 0 aliphatic rings. The number of hydrogen-bond acceptors (Lipinski definition) is 4. The molecule has 0 saturated carbocycles. The maximum atomic E-state index is 11.7. The van der Waals surface area contributed by atoms with E-state index in [1.807, 2.05) is 13.8 Å². The number of urea groups is 1. The molecule has 0 aromatic heterocycles. The van der Waals surface area contributed by atoms with Gasteiger partial charge in [0.1, 0.15) is 0 Å². The zero-order valence-corrected chi connectivity index (χ0v) is 12.6. The first-order chi connectivity index (χ1) is 9.93. The Morgan fingerprint density at radius 3 is 2.57 bits per heavy atom. The van der Waals surface area contributed by atoms with Crippen LogP contribution in [0.3, 0.4) is 0 Å². The highest BCUT2D eigenvalue weighted by Crippen LogP contribution is 2.15. The average molecular weight is 313 g/mol. The molecule has 2 N–H and O–H groups in total. The number of carbonyl (C=O) groups excluding carboxylic acids is 3. The van der Waals surface area contributed by atoms with Gasteiger partial charge in [0, 0.05) is 6.04 Å². The summed E-state index contributed by atoms with van der Waals surface area (Å²) in [5, 5.41) is 4.86. The van der Waals surface area contributed by atoms with Crippen molar-refractivity contribution in [2.24, 2.45) is 0 Å². The van der Waals surface area contributed by atoms with Crippen LogP contribution in [0.1, 0.15) is 30.6 Å². The molecule has 0 unspecified atom stereocenters. The highest BCUT2D eigenvalue weighted by molar-refractivity contribution is 6.33. The number of imide groups is 1. The van der Waals surface area contributed by atoms with Gasteiger partial charge in [-0.3, -0.25) is 10.1 Å². The number of halogens is 1. The van der Waals surface area contributed by atoms with Crippen molar-refractivity contribution in [1.29, 1.82) is 0 Å². The van der Waals surface area contributed by atoms with Crippen molar-refractivity contribution < 1.29 is 19.1 Å². The van der Waals surface area contributed by atoms with E-state index in [9.17, 15) is 14.4 Å². The summed E-state index contributed by atoms with van der Waals surface area (Å²) in [6.45, 7) is 3.15. The second-order valence-corrected chi connectivity index (χ2v) is 4.79. The molecule has 1 aromatic carbocycles. The molecule has 0 aliphatic heterocycles. The van der Waals surface area contributed by atoms with Crippen LogP contribution >= 0.6 is 11.6 Å². The van der Waals surface area contributed by atoms with Gasteiger partial charge in [0.15, 0.2) is 6.61 Å². The molecule has 3 amide bonds. The summed E-state index contributed by atoms with van der Waals surface area (Å²) in [5.41, 5.74) is 0.163. The van der Waals surface area contributed by atoms with E-state index in [2.05, 4.69) is 10.6 Å². The molecule has 1 rings (SSSR count). The van der Waals surface area contributed by atoms with E-state index in [1.54, 1.807) is 12.1 Å². The lowest BCUT2D eigenvalue weighted by atomic mass is 10.2. The molecule has 0 heterocycles. The van der Waals surface area contributed by atoms with E-state index < -0.39 is 24.5 Å². The van der Waals surface area contributed by atoms with Crippen molar-refractivity contribution in [2.75, 3.05) is 6.61 Å². The predicted octanol–water partition coefficient (Wildman–Crippen LogP) is 2.12. The molecule has 0 spiro atoms. The summed E-state index contributed by atoms with van der Waals surface area (Å²) in [7, 11) is 0. The van der Waals surface area contributed by atoms with Crippen molar-refractivity contribution in [3.05, 3.63) is 34.9 Å². The molecular formula is C14H17ClN2O4. The first-order valence-electron chi connectivity index (χ1n) is 6.46. The van der Waals surface area contributed by atoms with Crippen LogP contribution in [0.25, 0.3) is 0 Å². The lowest BCUT2D eigenvalue weighted by Gasteiger charge is -2.11. The van der Waals surface area contributed by atoms with Crippen molar-refractivity contribution in [1.82, 2.24) is 10.6 Å². The van der Waals surface area contributed by atoms with Crippen LogP contribution < -0.4 is 10.6 Å². The number of hydrogen-bond donors (Lipinski definition) is 2. The maximum Gasteiger partial charge on any atom is 0.340 e. The summed E-state index contributed by atoms with van der Waals surface area (Å²) >= 11 is 5.83. The number of esters is 1. The Hall–Kier alpha value is -2.08. The fraction of sp³-hybridized carbons (Fsp3) is 0.357. The van der Waals surface area contributed by atoms with Crippen LogP contribution in [0, 0.1) is 0 Å². The van der Waals surface area contributed by atoms with Crippen LogP contribution in [0.4, 0.5) is 4.79 Å². The van der Waals surface area contributed by atoms with Gasteiger partial charge in [-0.05, 0) is 25.5 Å². The quantitative estimate of drug-likeness (QED) is 0.816. The normalized spacial score (nSPS) is 11.4. The average Bonchev–Trinajstić information content (AvgIpc) is 2.44. The number of nitrogens with one attached hydrogen (secondary N) is 2. The Kier molecular flexibility index (Phi) is 6.68. The van der Waals surface area contributed by atoms with E-state index in [-0.39, 0.29) is 16.6 Å². The molecule has 0 aliphatic carbocycles. The van der Waals surface area contributed by atoms with Gasteiger partial charge in [-0.25, -0.2) is 9.59 Å². The third-order valence-electron chi connectivity index (χ3n) is 2.67. The number of carbonyl (C=O) groups is 3. The summed E-state index contributed by atoms with van der Waals surface area (Å²) in [6.07, 6.45) is 0.739. The SMILES string of the molecule is CC[C@H](C)NC(=O)NC(=O)COC(=O)c1ccccc1Cl. The maximum absolute atomic E-state index is 11.7. The van der Waals surface area contributed by atoms with E-state index in [0.717, 1.165) is 6.42 Å². The summed E-state index contributed by atoms with van der Waals surface area (Å²) in [6, 6.07) is 5.65. The monoisotopic (exact) mass is 312 g/mol. The lowest BCUT2D eigenvalue weighted by molar-refractivity contribution is -0.123. The summed E-state index contributed by atoms with van der Waals surface area (Å²) in [5.74, 6) is -1.44. The first kappa shape index (κ1) is 17.0. The van der Waals surface area contributed by atoms with Gasteiger partial charge < -0.3 is 10.1 Å². The highest BCUT2D eigenvalue weighted by Gasteiger charge is 2.15. The molecule has 0 saturated heterocycles. The molecule has 0 radical (unpaired) electrons. The van der Waals surface area contributed by atoms with Gasteiger partial charge in [0.05, 0.1) is 10.6 Å². The minimum Gasteiger partial charge on any atom is -0.452 e. The van der Waals surface area contributed by atoms with Crippen LogP contribution in [0.5, 0.6) is 0 Å².